The Morgan fingerprint density at radius 3 is 1.32 bits per heavy atom. The van der Waals surface area contributed by atoms with E-state index in [4.69, 9.17) is 37.9 Å². The summed E-state index contributed by atoms with van der Waals surface area (Å²) in [5.41, 5.74) is 8.35. The van der Waals surface area contributed by atoms with E-state index in [0.717, 1.165) is 44.9 Å². The molecule has 0 radical (unpaired) electrons. The molecule has 2 aromatic carbocycles. The summed E-state index contributed by atoms with van der Waals surface area (Å²) in [6, 6.07) is 7.81. The second-order valence-electron chi connectivity index (χ2n) is 12.9. The molecule has 6 aliphatic rings. The topological polar surface area (TPSA) is 142 Å². The van der Waals surface area contributed by atoms with Gasteiger partial charge < -0.3 is 37.9 Å². The number of carbonyl (C=O) groups is 4. The van der Waals surface area contributed by atoms with Crippen molar-refractivity contribution in [2.24, 2.45) is 11.8 Å². The second-order valence-corrected chi connectivity index (χ2v) is 12.9. The summed E-state index contributed by atoms with van der Waals surface area (Å²) in [4.78, 5) is 47.3. The predicted octanol–water partition coefficient (Wildman–Crippen LogP) is 5.01. The average molecular weight is 685 g/mol. The van der Waals surface area contributed by atoms with E-state index >= 15 is 0 Å². The van der Waals surface area contributed by atoms with Crippen LogP contribution in [-0.4, -0.2) is 50.7 Å². The van der Waals surface area contributed by atoms with Crippen molar-refractivity contribution >= 4 is 23.9 Å². The number of cyclic esters (lactones) is 2. The normalized spacial score (nSPS) is 28.4. The predicted molar refractivity (Wildman–Crippen MR) is 173 cm³/mol. The van der Waals surface area contributed by atoms with Crippen LogP contribution < -0.4 is 9.47 Å². The molecule has 0 unspecified atom stereocenters. The lowest BCUT2D eigenvalue weighted by Gasteiger charge is -2.13. The SMILES string of the molecule is COc1ccc(C)c2c1[C@@H]1OC(=O)/C(=C/O[C@H]3C=C(C)C(=O)O3)[C@@H]1C2.COc1ccc(C)c2c1[C@H]1OC(=O)/C(=C/O[C@H]3C=C(C)C(=O)O3)[C@H]1C2. The standard InChI is InChI=1S/2C19H18O6/c2*1-9-4-5-14(22-3)16-11(9)7-12-13(19(21)25-17(12)16)8-23-15-6-10(2)18(20)24-15/h2*4-6,8,12,15,17H,7H2,1-3H3/b2*13-8+/t12-,15+,17+;12-,15-,17+/m01/s1. The number of methoxy groups -OCH3 is 2. The molecule has 2 aliphatic carbocycles. The zero-order valence-electron chi connectivity index (χ0n) is 28.4. The Labute approximate surface area is 288 Å². The molecular formula is C38H36O12. The number of aryl methyl sites for hydroxylation is 2. The van der Waals surface area contributed by atoms with Crippen LogP contribution in [0, 0.1) is 25.7 Å². The van der Waals surface area contributed by atoms with Crippen molar-refractivity contribution in [1.29, 1.82) is 0 Å². The van der Waals surface area contributed by atoms with E-state index in [1.165, 1.54) is 12.5 Å². The van der Waals surface area contributed by atoms with E-state index in [1.807, 2.05) is 38.1 Å². The number of benzene rings is 2. The minimum atomic E-state index is -0.799. The van der Waals surface area contributed by atoms with Gasteiger partial charge in [-0.1, -0.05) is 12.1 Å². The molecule has 0 amide bonds. The second kappa shape index (κ2) is 12.7. The van der Waals surface area contributed by atoms with Crippen molar-refractivity contribution in [3.05, 3.63) is 105 Å². The molecule has 2 fully saturated rings. The molecule has 4 aliphatic heterocycles. The monoisotopic (exact) mass is 684 g/mol. The van der Waals surface area contributed by atoms with Crippen molar-refractivity contribution in [2.75, 3.05) is 14.2 Å². The number of hydrogen-bond acceptors (Lipinski definition) is 12. The molecule has 8 rings (SSSR count). The molecule has 12 nitrogen and oxygen atoms in total. The van der Waals surface area contributed by atoms with Crippen LogP contribution in [0.5, 0.6) is 11.5 Å². The maximum absolute atomic E-state index is 12.3. The summed E-state index contributed by atoms with van der Waals surface area (Å²) in [7, 11) is 3.22. The Hall–Kier alpha value is -5.52. The molecule has 260 valence electrons. The van der Waals surface area contributed by atoms with Crippen molar-refractivity contribution in [2.45, 2.75) is 65.3 Å². The number of hydrogen-bond donors (Lipinski definition) is 0. The van der Waals surface area contributed by atoms with Gasteiger partial charge in [0.1, 0.15) is 23.7 Å². The number of ether oxygens (including phenoxy) is 8. The molecular weight excluding hydrogens is 648 g/mol. The highest BCUT2D eigenvalue weighted by atomic mass is 16.7. The van der Waals surface area contributed by atoms with Crippen LogP contribution in [0.1, 0.15) is 59.4 Å². The Morgan fingerprint density at radius 1 is 0.580 bits per heavy atom. The number of carbonyl (C=O) groups excluding carboxylic acids is 4. The van der Waals surface area contributed by atoms with Gasteiger partial charge in [-0.25, -0.2) is 19.2 Å². The van der Waals surface area contributed by atoms with E-state index in [9.17, 15) is 19.2 Å². The third kappa shape index (κ3) is 5.58. The zero-order chi connectivity index (χ0) is 35.4. The lowest BCUT2D eigenvalue weighted by Crippen LogP contribution is -2.12. The van der Waals surface area contributed by atoms with Gasteiger partial charge in [-0.2, -0.15) is 0 Å². The smallest absolute Gasteiger partial charge is 0.338 e. The van der Waals surface area contributed by atoms with Crippen molar-refractivity contribution in [1.82, 2.24) is 0 Å². The Morgan fingerprint density at radius 2 is 0.980 bits per heavy atom. The minimum Gasteiger partial charge on any atom is -0.496 e. The highest BCUT2D eigenvalue weighted by Gasteiger charge is 2.50. The van der Waals surface area contributed by atoms with Crippen molar-refractivity contribution in [3.8, 4) is 11.5 Å². The van der Waals surface area contributed by atoms with Gasteiger partial charge in [0.25, 0.3) is 12.6 Å². The van der Waals surface area contributed by atoms with Gasteiger partial charge in [0.2, 0.25) is 0 Å². The Kier molecular flexibility index (Phi) is 8.41. The van der Waals surface area contributed by atoms with Crippen LogP contribution in [0.3, 0.4) is 0 Å². The first-order valence-corrected chi connectivity index (χ1v) is 16.2. The molecule has 0 saturated carbocycles. The lowest BCUT2D eigenvalue weighted by atomic mass is 9.97. The lowest BCUT2D eigenvalue weighted by molar-refractivity contribution is -0.153. The van der Waals surface area contributed by atoms with Crippen LogP contribution in [0.25, 0.3) is 0 Å². The Bertz CT molecular complexity index is 1810. The number of fused-ring (bicyclic) bond motifs is 6. The first kappa shape index (κ1) is 33.0. The Balaban J connectivity index is 0.000000157. The van der Waals surface area contributed by atoms with E-state index in [1.54, 1.807) is 40.2 Å². The number of rotatable bonds is 6. The number of esters is 4. The van der Waals surface area contributed by atoms with E-state index in [-0.39, 0.29) is 24.0 Å². The molecule has 2 aromatic rings. The van der Waals surface area contributed by atoms with Crippen LogP contribution in [-0.2, 0) is 60.4 Å². The first-order valence-electron chi connectivity index (χ1n) is 16.2. The van der Waals surface area contributed by atoms with E-state index in [0.29, 0.717) is 35.1 Å². The fourth-order valence-electron chi connectivity index (χ4n) is 7.28. The molecule has 0 bridgehead atoms. The summed E-state index contributed by atoms with van der Waals surface area (Å²) >= 11 is 0. The van der Waals surface area contributed by atoms with Gasteiger partial charge >= 0.3 is 23.9 Å². The highest BCUT2D eigenvalue weighted by Crippen LogP contribution is 2.53. The summed E-state index contributed by atoms with van der Waals surface area (Å²) < 4.78 is 43.1. The summed E-state index contributed by atoms with van der Waals surface area (Å²) in [6.07, 6.45) is 4.93. The third-order valence-electron chi connectivity index (χ3n) is 9.95. The first-order chi connectivity index (χ1) is 24.0. The maximum Gasteiger partial charge on any atom is 0.338 e. The van der Waals surface area contributed by atoms with Crippen LogP contribution in [0.15, 0.2) is 71.2 Å². The summed E-state index contributed by atoms with van der Waals surface area (Å²) in [5.74, 6) is -0.437. The van der Waals surface area contributed by atoms with Crippen LogP contribution in [0.2, 0.25) is 0 Å². The van der Waals surface area contributed by atoms with Crippen molar-refractivity contribution in [3.63, 3.8) is 0 Å². The largest absolute Gasteiger partial charge is 0.496 e. The van der Waals surface area contributed by atoms with E-state index < -0.39 is 36.5 Å². The van der Waals surface area contributed by atoms with Crippen LogP contribution >= 0.6 is 0 Å². The van der Waals surface area contributed by atoms with Gasteiger partial charge in [0.05, 0.1) is 37.9 Å². The molecule has 0 spiro atoms. The van der Waals surface area contributed by atoms with Gasteiger partial charge in [0, 0.05) is 46.3 Å². The molecule has 50 heavy (non-hydrogen) atoms. The fourth-order valence-corrected chi connectivity index (χ4v) is 7.28. The minimum absolute atomic E-state index is 0.125. The van der Waals surface area contributed by atoms with Gasteiger partial charge in [0.15, 0.2) is 0 Å². The molecule has 6 atom stereocenters. The molecule has 4 heterocycles. The average Bonchev–Trinajstić information content (AvgIpc) is 3.91. The van der Waals surface area contributed by atoms with Crippen LogP contribution in [0.4, 0.5) is 0 Å². The zero-order valence-corrected chi connectivity index (χ0v) is 28.4. The fraction of sp³-hybridized carbons (Fsp3) is 0.368. The van der Waals surface area contributed by atoms with Gasteiger partial charge in [-0.15, -0.1) is 0 Å². The van der Waals surface area contributed by atoms with Crippen molar-refractivity contribution < 1.29 is 57.1 Å². The quantitative estimate of drug-likeness (QED) is 0.175. The van der Waals surface area contributed by atoms with Gasteiger partial charge in [-0.3, -0.25) is 0 Å². The summed E-state index contributed by atoms with van der Waals surface area (Å²) in [6.45, 7) is 7.38. The van der Waals surface area contributed by atoms with Gasteiger partial charge in [-0.05, 0) is 74.9 Å². The highest BCUT2D eigenvalue weighted by molar-refractivity contribution is 5.93. The molecule has 2 saturated heterocycles. The molecule has 0 aromatic heterocycles. The third-order valence-corrected chi connectivity index (χ3v) is 9.95. The molecule has 12 heteroatoms. The molecule has 0 N–H and O–H groups in total. The summed E-state index contributed by atoms with van der Waals surface area (Å²) in [5, 5.41) is 0. The van der Waals surface area contributed by atoms with E-state index in [2.05, 4.69) is 0 Å². The maximum atomic E-state index is 12.3.